The molecule has 14 heavy (non-hydrogen) atoms. The van der Waals surface area contributed by atoms with E-state index >= 15 is 0 Å². The monoisotopic (exact) mass is 215 g/mol. The van der Waals surface area contributed by atoms with Gasteiger partial charge in [0.25, 0.3) is 0 Å². The van der Waals surface area contributed by atoms with Crippen LogP contribution in [0.3, 0.4) is 0 Å². The summed E-state index contributed by atoms with van der Waals surface area (Å²) in [6, 6.07) is -0.0299. The first kappa shape index (κ1) is 8.88. The normalized spacial score (nSPS) is 53.4. The van der Waals surface area contributed by atoms with Gasteiger partial charge >= 0.3 is 0 Å². The van der Waals surface area contributed by atoms with Crippen molar-refractivity contribution < 1.29 is 13.2 Å². The van der Waals surface area contributed by atoms with E-state index in [2.05, 4.69) is 4.72 Å². The summed E-state index contributed by atoms with van der Waals surface area (Å²) in [5, 5.41) is -0.374. The molecule has 2 bridgehead atoms. The maximum Gasteiger partial charge on any atom is 0.218 e. The van der Waals surface area contributed by atoms with Crippen LogP contribution in [0.4, 0.5) is 0 Å². The average molecular weight is 215 g/mol. The van der Waals surface area contributed by atoms with E-state index in [1.165, 1.54) is 0 Å². The second-order valence-corrected chi connectivity index (χ2v) is 6.36. The van der Waals surface area contributed by atoms with Crippen LogP contribution in [0.5, 0.6) is 0 Å². The van der Waals surface area contributed by atoms with E-state index in [-0.39, 0.29) is 17.4 Å². The third-order valence-corrected chi connectivity index (χ3v) is 5.39. The summed E-state index contributed by atoms with van der Waals surface area (Å²) in [7, 11) is -3.18. The Morgan fingerprint density at radius 1 is 1.57 bits per heavy atom. The molecule has 4 nitrogen and oxygen atoms in total. The zero-order valence-electron chi connectivity index (χ0n) is 7.93. The Kier molecular flexibility index (Phi) is 1.52. The molecule has 0 unspecified atom stereocenters. The van der Waals surface area contributed by atoms with Gasteiger partial charge in [-0.05, 0) is 19.8 Å². The van der Waals surface area contributed by atoms with Crippen LogP contribution < -0.4 is 4.72 Å². The molecule has 3 heterocycles. The van der Waals surface area contributed by atoms with Crippen LogP contribution in [0.2, 0.25) is 0 Å². The van der Waals surface area contributed by atoms with Crippen molar-refractivity contribution in [1.82, 2.24) is 4.72 Å². The van der Waals surface area contributed by atoms with Crippen molar-refractivity contribution in [2.24, 2.45) is 0 Å². The lowest BCUT2D eigenvalue weighted by atomic mass is 9.88. The standard InChI is InChI=1S/C9H13NO3S/c1-6-5-9-3-2-7(13-9)4-8(9)14(11,12)10-6/h2-3,6-8,10H,4-5H2,1H3/t6-,7-,8-,9-/m0/s1. The summed E-state index contributed by atoms with van der Waals surface area (Å²) in [4.78, 5) is 0. The molecule has 3 rings (SSSR count). The van der Waals surface area contributed by atoms with E-state index in [4.69, 9.17) is 4.74 Å². The molecule has 0 aliphatic carbocycles. The minimum absolute atomic E-state index is 0.0156. The van der Waals surface area contributed by atoms with Gasteiger partial charge in [0.05, 0.1) is 6.10 Å². The molecule has 78 valence electrons. The molecule has 0 aromatic carbocycles. The van der Waals surface area contributed by atoms with E-state index in [0.29, 0.717) is 6.42 Å². The highest BCUT2D eigenvalue weighted by molar-refractivity contribution is 7.90. The zero-order valence-corrected chi connectivity index (χ0v) is 8.75. The maximum atomic E-state index is 11.8. The fourth-order valence-electron chi connectivity index (χ4n) is 2.87. The summed E-state index contributed by atoms with van der Waals surface area (Å²) in [5.74, 6) is 0. The molecule has 0 saturated carbocycles. The summed E-state index contributed by atoms with van der Waals surface area (Å²) < 4.78 is 32.1. The fourth-order valence-corrected chi connectivity index (χ4v) is 4.88. The Morgan fingerprint density at radius 3 is 3.07 bits per heavy atom. The van der Waals surface area contributed by atoms with Crippen molar-refractivity contribution in [2.45, 2.75) is 42.8 Å². The Hall–Kier alpha value is -0.390. The molecule has 3 aliphatic rings. The van der Waals surface area contributed by atoms with E-state index in [9.17, 15) is 8.42 Å². The van der Waals surface area contributed by atoms with Gasteiger partial charge in [0.1, 0.15) is 10.9 Å². The van der Waals surface area contributed by atoms with Gasteiger partial charge < -0.3 is 4.74 Å². The molecular formula is C9H13NO3S. The molecule has 0 radical (unpaired) electrons. The van der Waals surface area contributed by atoms with Crippen LogP contribution in [0.1, 0.15) is 19.8 Å². The van der Waals surface area contributed by atoms with Crippen LogP contribution in [0, 0.1) is 0 Å². The van der Waals surface area contributed by atoms with Gasteiger partial charge in [0, 0.05) is 6.04 Å². The van der Waals surface area contributed by atoms with E-state index in [0.717, 1.165) is 6.42 Å². The van der Waals surface area contributed by atoms with Gasteiger partial charge in [-0.15, -0.1) is 0 Å². The highest BCUT2D eigenvalue weighted by Gasteiger charge is 2.58. The van der Waals surface area contributed by atoms with Crippen molar-refractivity contribution in [3.05, 3.63) is 12.2 Å². The second kappa shape index (κ2) is 2.40. The number of hydrogen-bond acceptors (Lipinski definition) is 3. The van der Waals surface area contributed by atoms with Crippen molar-refractivity contribution in [3.8, 4) is 0 Å². The third-order valence-electron chi connectivity index (χ3n) is 3.32. The lowest BCUT2D eigenvalue weighted by Crippen LogP contribution is -2.57. The highest BCUT2D eigenvalue weighted by Crippen LogP contribution is 2.46. The molecule has 0 aromatic heterocycles. The largest absolute Gasteiger partial charge is 0.362 e. The minimum Gasteiger partial charge on any atom is -0.362 e. The summed E-state index contributed by atoms with van der Waals surface area (Å²) in [6.45, 7) is 1.88. The first-order chi connectivity index (χ1) is 6.52. The number of sulfonamides is 1. The van der Waals surface area contributed by atoms with Crippen LogP contribution in [-0.2, 0) is 14.8 Å². The number of rotatable bonds is 0. The van der Waals surface area contributed by atoms with E-state index in [1.807, 2.05) is 19.1 Å². The SMILES string of the molecule is C[C@H]1C[C@@]23C=C[C@@H](C[C@@H]2S(=O)(=O)N1)O3. The maximum absolute atomic E-state index is 11.8. The van der Waals surface area contributed by atoms with Crippen molar-refractivity contribution >= 4 is 10.0 Å². The molecule has 5 heteroatoms. The van der Waals surface area contributed by atoms with Crippen molar-refractivity contribution in [1.29, 1.82) is 0 Å². The lowest BCUT2D eigenvalue weighted by molar-refractivity contribution is 0.0192. The van der Waals surface area contributed by atoms with Gasteiger partial charge in [-0.25, -0.2) is 13.1 Å². The Bertz CT molecular complexity index is 402. The number of nitrogens with one attached hydrogen (secondary N) is 1. The molecule has 2 saturated heterocycles. The summed E-state index contributed by atoms with van der Waals surface area (Å²) in [5.41, 5.74) is -0.520. The fraction of sp³-hybridized carbons (Fsp3) is 0.778. The molecule has 0 aromatic rings. The van der Waals surface area contributed by atoms with Crippen molar-refractivity contribution in [3.63, 3.8) is 0 Å². The van der Waals surface area contributed by atoms with E-state index in [1.54, 1.807) is 0 Å². The van der Waals surface area contributed by atoms with Gasteiger partial charge in [0.15, 0.2) is 0 Å². The molecule has 3 aliphatic heterocycles. The van der Waals surface area contributed by atoms with Crippen LogP contribution in [0.15, 0.2) is 12.2 Å². The predicted molar refractivity (Wildman–Crippen MR) is 51.3 cm³/mol. The summed E-state index contributed by atoms with van der Waals surface area (Å²) >= 11 is 0. The first-order valence-electron chi connectivity index (χ1n) is 4.90. The smallest absolute Gasteiger partial charge is 0.218 e. The first-order valence-corrected chi connectivity index (χ1v) is 6.45. The van der Waals surface area contributed by atoms with Crippen LogP contribution >= 0.6 is 0 Å². The van der Waals surface area contributed by atoms with Gasteiger partial charge in [-0.2, -0.15) is 0 Å². The Labute approximate surface area is 83.4 Å². The molecule has 4 atom stereocenters. The Morgan fingerprint density at radius 2 is 2.36 bits per heavy atom. The van der Waals surface area contributed by atoms with Gasteiger partial charge in [-0.1, -0.05) is 12.2 Å². The van der Waals surface area contributed by atoms with Crippen LogP contribution in [-0.4, -0.2) is 31.4 Å². The molecule has 1 spiro atoms. The number of ether oxygens (including phenoxy) is 1. The lowest BCUT2D eigenvalue weighted by Gasteiger charge is -2.38. The van der Waals surface area contributed by atoms with Gasteiger partial charge in [-0.3, -0.25) is 0 Å². The topological polar surface area (TPSA) is 55.4 Å². The molecule has 2 fully saturated rings. The molecular weight excluding hydrogens is 202 g/mol. The zero-order chi connectivity index (χ0) is 9.97. The highest BCUT2D eigenvalue weighted by atomic mass is 32.2. The summed E-state index contributed by atoms with van der Waals surface area (Å²) in [6.07, 6.45) is 5.31. The average Bonchev–Trinajstić information content (AvgIpc) is 2.57. The van der Waals surface area contributed by atoms with Crippen molar-refractivity contribution in [2.75, 3.05) is 0 Å². The predicted octanol–water partition coefficient (Wildman–Crippen LogP) is 0.164. The van der Waals surface area contributed by atoms with Crippen LogP contribution in [0.25, 0.3) is 0 Å². The number of fused-ring (bicyclic) bond motifs is 1. The second-order valence-electron chi connectivity index (χ2n) is 4.46. The molecule has 0 amide bonds. The van der Waals surface area contributed by atoms with Gasteiger partial charge in [0.2, 0.25) is 10.0 Å². The third kappa shape index (κ3) is 0.975. The number of hydrogen-bond donors (Lipinski definition) is 1. The quantitative estimate of drug-likeness (QED) is 0.586. The molecule has 1 N–H and O–H groups in total. The minimum atomic E-state index is -3.18. The Balaban J connectivity index is 2.10. The van der Waals surface area contributed by atoms with E-state index < -0.39 is 15.6 Å².